The number of halogens is 5. The number of furan rings is 2. The van der Waals surface area contributed by atoms with E-state index >= 15 is 0 Å². The molecule has 18 aromatic rings. The molecule has 484 valence electrons. The molecule has 0 fully saturated rings. The number of benzene rings is 12. The van der Waals surface area contributed by atoms with Crippen LogP contribution in [0.5, 0.6) is 0 Å². The lowest BCUT2D eigenvalue weighted by atomic mass is 9.86. The molecule has 0 radical (unpaired) electrons. The smallest absolute Gasteiger partial charge is 0.137 e. The number of aromatic nitrogens is 2. The Kier molecular flexibility index (Phi) is 17.2. The van der Waals surface area contributed by atoms with Gasteiger partial charge in [0.05, 0.1) is 47.9 Å². The van der Waals surface area contributed by atoms with Crippen molar-refractivity contribution in [1.82, 2.24) is 9.13 Å². The first kappa shape index (κ1) is 65.0. The van der Waals surface area contributed by atoms with Crippen LogP contribution in [-0.2, 0) is 10.8 Å². The van der Waals surface area contributed by atoms with Gasteiger partial charge in [-0.05, 0) is 180 Å². The van der Waals surface area contributed by atoms with Crippen LogP contribution in [0.25, 0.3) is 118 Å². The van der Waals surface area contributed by atoms with Gasteiger partial charge >= 0.3 is 0 Å². The van der Waals surface area contributed by atoms with E-state index in [4.69, 9.17) is 61.0 Å². The van der Waals surface area contributed by atoms with Gasteiger partial charge in [0.25, 0.3) is 0 Å². The van der Waals surface area contributed by atoms with Crippen molar-refractivity contribution in [3.8, 4) is 11.4 Å². The van der Waals surface area contributed by atoms with Gasteiger partial charge in [-0.15, -0.1) is 22.7 Å². The maximum Gasteiger partial charge on any atom is 0.137 e. The molecule has 2 N–H and O–H groups in total. The Labute approximate surface area is 604 Å². The van der Waals surface area contributed by atoms with E-state index in [0.29, 0.717) is 10.0 Å². The van der Waals surface area contributed by atoms with Gasteiger partial charge in [-0.2, -0.15) is 0 Å². The third kappa shape index (κ3) is 12.3. The standard InChI is InChI=1S/C42H30Cl2N2OS.C25H22ClNS.C12H9NO.C6H4BrCl/c1-42(2,3)25-18-19-34-33(20-25)41-40(32-13-5-7-17-38(32)48-41)46(34)30-23-27(44)22-29(24-30)45(28-11-8-10-26(43)21-28)35-14-9-16-37-39(35)31-12-4-6-15-36(31)47-37;1-15-11-17(26)14-18(12-15)27-21-10-9-16(25(2,3)4)13-20(21)24-23(27)19-7-5-6-8-22(19)28-24;13-9-5-3-7-11-12(9)8-4-1-2-6-10(8)14-11;7-5-2-1-3-6(8)4-5/h4-24H,1-3H3;5-14H,1-4H3;1-7H,13H2;1-4H. The van der Waals surface area contributed by atoms with Crippen molar-refractivity contribution >= 4 is 214 Å². The molecule has 0 aliphatic rings. The van der Waals surface area contributed by atoms with E-state index in [-0.39, 0.29) is 10.8 Å². The highest BCUT2D eigenvalue weighted by Gasteiger charge is 2.26. The normalized spacial score (nSPS) is 11.9. The summed E-state index contributed by atoms with van der Waals surface area (Å²) < 4.78 is 23.0. The van der Waals surface area contributed by atoms with E-state index < -0.39 is 0 Å². The number of nitrogens with two attached hydrogens (primary N) is 1. The number of fused-ring (bicyclic) bond motifs is 16. The van der Waals surface area contributed by atoms with Gasteiger partial charge in [-0.25, -0.2) is 0 Å². The van der Waals surface area contributed by atoms with Gasteiger partial charge in [0.15, 0.2) is 0 Å². The lowest BCUT2D eigenvalue weighted by molar-refractivity contribution is 0.591. The molecular formula is C85H65BrCl4N4O2S2. The second-order valence-corrected chi connectivity index (χ2v) is 31.4. The minimum atomic E-state index is 0.0260. The fourth-order valence-corrected chi connectivity index (χ4v) is 17.2. The molecule has 0 unspecified atom stereocenters. The number of aryl methyl sites for hydroxylation is 1. The molecule has 0 saturated heterocycles. The Morgan fingerprint density at radius 1 is 0.398 bits per heavy atom. The van der Waals surface area contributed by atoms with Crippen molar-refractivity contribution < 1.29 is 8.83 Å². The Hall–Kier alpha value is -9.00. The number of nitrogen functional groups attached to an aromatic ring is 1. The lowest BCUT2D eigenvalue weighted by Gasteiger charge is -2.27. The summed E-state index contributed by atoms with van der Waals surface area (Å²) in [4.78, 5) is 2.23. The third-order valence-electron chi connectivity index (χ3n) is 17.9. The molecule has 6 aromatic heterocycles. The second-order valence-electron chi connectivity index (χ2n) is 26.7. The first-order valence-electron chi connectivity index (χ1n) is 32.3. The number of nitrogens with zero attached hydrogens (tertiary/aromatic N) is 3. The highest BCUT2D eigenvalue weighted by atomic mass is 79.9. The minimum Gasteiger partial charge on any atom is -0.456 e. The molecule has 0 aliphatic heterocycles. The third-order valence-corrected chi connectivity index (χ3v) is 21.6. The van der Waals surface area contributed by atoms with Crippen LogP contribution in [0.4, 0.5) is 22.7 Å². The molecule has 0 spiro atoms. The topological polar surface area (TPSA) is 65.4 Å². The average Bonchev–Trinajstić information content (AvgIpc) is 1.56. The molecule has 12 aromatic carbocycles. The SMILES string of the molecule is CC(C)(C)c1ccc2c(c1)c1sc3ccccc3c1n2-c1cc(Cl)cc(N(c2cccc(Cl)c2)c2cccc3oc4ccccc4c23)c1.Cc1cc(Cl)cc(-n2c3ccc(C(C)(C)C)cc3c3sc4ccccc4c32)c1.Clc1cccc(Br)c1.Nc1cccc2oc3ccccc3c12. The van der Waals surface area contributed by atoms with E-state index in [2.05, 4.69) is 206 Å². The summed E-state index contributed by atoms with van der Waals surface area (Å²) in [6, 6.07) is 87.3. The predicted molar refractivity (Wildman–Crippen MR) is 429 cm³/mol. The molecule has 0 aliphatic carbocycles. The van der Waals surface area contributed by atoms with Crippen molar-refractivity contribution in [2.45, 2.75) is 59.3 Å². The van der Waals surface area contributed by atoms with E-state index in [1.54, 1.807) is 0 Å². The summed E-state index contributed by atoms with van der Waals surface area (Å²) in [5, 5.41) is 12.1. The summed E-state index contributed by atoms with van der Waals surface area (Å²) in [5.41, 5.74) is 23.9. The Morgan fingerprint density at radius 2 is 0.857 bits per heavy atom. The number of hydrogen-bond acceptors (Lipinski definition) is 6. The zero-order valence-corrected chi connectivity index (χ0v) is 60.9. The number of para-hydroxylation sites is 2. The minimum absolute atomic E-state index is 0.0260. The monoisotopic (exact) mass is 1460 g/mol. The number of anilines is 4. The van der Waals surface area contributed by atoms with Gasteiger partial charge in [0, 0.05) is 94.7 Å². The van der Waals surface area contributed by atoms with Crippen LogP contribution < -0.4 is 10.6 Å². The highest BCUT2D eigenvalue weighted by Crippen LogP contribution is 2.49. The molecular weight excluding hydrogens is 1390 g/mol. The average molecular weight is 1460 g/mol. The molecule has 0 saturated carbocycles. The molecule has 0 amide bonds. The lowest BCUT2D eigenvalue weighted by Crippen LogP contribution is -2.11. The summed E-state index contributed by atoms with van der Waals surface area (Å²) in [7, 11) is 0. The van der Waals surface area contributed by atoms with E-state index in [9.17, 15) is 0 Å². The fraction of sp³-hybridized carbons (Fsp3) is 0.106. The molecule has 13 heteroatoms. The molecule has 98 heavy (non-hydrogen) atoms. The van der Waals surface area contributed by atoms with Crippen LogP contribution in [0.1, 0.15) is 58.2 Å². The van der Waals surface area contributed by atoms with Crippen LogP contribution in [0.15, 0.2) is 268 Å². The quantitative estimate of drug-likeness (QED) is 0.174. The van der Waals surface area contributed by atoms with Gasteiger partial charge in [-0.1, -0.05) is 213 Å². The molecule has 0 bridgehead atoms. The summed E-state index contributed by atoms with van der Waals surface area (Å²) >= 11 is 32.8. The predicted octanol–water partition coefficient (Wildman–Crippen LogP) is 28.5. The van der Waals surface area contributed by atoms with Gasteiger partial charge in [0.1, 0.15) is 22.3 Å². The maximum absolute atomic E-state index is 7.11. The van der Waals surface area contributed by atoms with Crippen LogP contribution in [0, 0.1) is 6.92 Å². The van der Waals surface area contributed by atoms with Gasteiger partial charge in [0.2, 0.25) is 0 Å². The summed E-state index contributed by atoms with van der Waals surface area (Å²) in [6.07, 6.45) is 0. The van der Waals surface area contributed by atoms with Crippen LogP contribution >= 0.6 is 85.0 Å². The number of hydrogen-bond donors (Lipinski definition) is 1. The van der Waals surface area contributed by atoms with E-state index in [0.717, 1.165) is 98.0 Å². The molecule has 6 nitrogen and oxygen atoms in total. The first-order valence-corrected chi connectivity index (χ1v) is 36.2. The van der Waals surface area contributed by atoms with Crippen LogP contribution in [0.3, 0.4) is 0 Å². The largest absolute Gasteiger partial charge is 0.456 e. The zero-order valence-electron chi connectivity index (χ0n) is 54.7. The Balaban J connectivity index is 0.000000130. The summed E-state index contributed by atoms with van der Waals surface area (Å²) in [6.45, 7) is 15.7. The highest BCUT2D eigenvalue weighted by molar-refractivity contribution is 9.10. The number of thiophene rings is 2. The fourth-order valence-electron chi connectivity index (χ4n) is 13.3. The van der Waals surface area contributed by atoms with Gasteiger partial charge in [-0.3, -0.25) is 0 Å². The maximum atomic E-state index is 7.11. The molecule has 18 rings (SSSR count). The van der Waals surface area contributed by atoms with E-state index in [1.165, 1.54) is 73.6 Å². The first-order chi connectivity index (χ1) is 47.2. The molecule has 0 atom stereocenters. The summed E-state index contributed by atoms with van der Waals surface area (Å²) in [5.74, 6) is 0. The van der Waals surface area contributed by atoms with Crippen molar-refractivity contribution in [2.24, 2.45) is 0 Å². The van der Waals surface area contributed by atoms with Crippen LogP contribution in [-0.4, -0.2) is 9.13 Å². The second kappa shape index (κ2) is 26.0. The Morgan fingerprint density at radius 3 is 1.39 bits per heavy atom. The van der Waals surface area contributed by atoms with Crippen molar-refractivity contribution in [3.05, 3.63) is 296 Å². The van der Waals surface area contributed by atoms with Gasteiger partial charge < -0.3 is 28.6 Å². The van der Waals surface area contributed by atoms with Crippen LogP contribution in [0.2, 0.25) is 20.1 Å². The molecule has 6 heterocycles. The van der Waals surface area contributed by atoms with Crippen molar-refractivity contribution in [1.29, 1.82) is 0 Å². The van der Waals surface area contributed by atoms with E-state index in [1.807, 2.05) is 150 Å². The Bertz CT molecular complexity index is 6080. The van der Waals surface area contributed by atoms with Crippen molar-refractivity contribution in [3.63, 3.8) is 0 Å². The van der Waals surface area contributed by atoms with Crippen molar-refractivity contribution in [2.75, 3.05) is 10.6 Å². The zero-order chi connectivity index (χ0) is 67.9. The number of rotatable bonds is 5.